The first-order valence-electron chi connectivity index (χ1n) is 9.19. The highest BCUT2D eigenvalue weighted by atomic mass is 35.5. The fraction of sp³-hybridized carbons (Fsp3) is 0.217. The number of nitrogens with one attached hydrogen (secondary N) is 1. The van der Waals surface area contributed by atoms with Crippen LogP contribution in [0.2, 0.25) is 5.02 Å². The minimum atomic E-state index is -4.40. The molecule has 0 saturated heterocycles. The molecule has 0 saturated carbocycles. The summed E-state index contributed by atoms with van der Waals surface area (Å²) < 4.78 is 39.7. The first kappa shape index (κ1) is 21.4. The maximum atomic E-state index is 13.2. The van der Waals surface area contributed by atoms with Crippen LogP contribution in [-0.2, 0) is 6.18 Å². The Bertz CT molecular complexity index is 940. The van der Waals surface area contributed by atoms with Crippen molar-refractivity contribution in [2.75, 3.05) is 6.54 Å². The summed E-state index contributed by atoms with van der Waals surface area (Å²) in [5, 5.41) is 14.1. The Morgan fingerprint density at radius 3 is 2.10 bits per heavy atom. The molecule has 2 unspecified atom stereocenters. The predicted molar refractivity (Wildman–Crippen MR) is 110 cm³/mol. The van der Waals surface area contributed by atoms with E-state index in [0.29, 0.717) is 17.1 Å². The van der Waals surface area contributed by atoms with Crippen LogP contribution in [0.5, 0.6) is 0 Å². The van der Waals surface area contributed by atoms with Crippen molar-refractivity contribution in [2.45, 2.75) is 25.2 Å². The lowest BCUT2D eigenvalue weighted by atomic mass is 9.97. The molecule has 0 fully saturated rings. The summed E-state index contributed by atoms with van der Waals surface area (Å²) in [6.45, 7) is 2.27. The smallest absolute Gasteiger partial charge is 0.387 e. The fourth-order valence-corrected chi connectivity index (χ4v) is 3.27. The van der Waals surface area contributed by atoms with E-state index in [2.05, 4.69) is 5.32 Å². The molecule has 2 nitrogen and oxygen atoms in total. The van der Waals surface area contributed by atoms with Crippen LogP contribution >= 0.6 is 11.6 Å². The van der Waals surface area contributed by atoms with Gasteiger partial charge in [-0.3, -0.25) is 0 Å². The Balaban J connectivity index is 1.68. The maximum absolute atomic E-state index is 13.2. The van der Waals surface area contributed by atoms with E-state index < -0.39 is 17.8 Å². The number of halogens is 4. The highest BCUT2D eigenvalue weighted by molar-refractivity contribution is 6.30. The van der Waals surface area contributed by atoms with Gasteiger partial charge in [0.05, 0.1) is 11.7 Å². The van der Waals surface area contributed by atoms with Crippen LogP contribution in [0.25, 0.3) is 11.1 Å². The summed E-state index contributed by atoms with van der Waals surface area (Å²) in [6.07, 6.45) is -5.09. The molecular weight excluding hydrogens is 399 g/mol. The van der Waals surface area contributed by atoms with E-state index in [1.807, 2.05) is 6.92 Å². The van der Waals surface area contributed by atoms with Gasteiger partial charge in [0.1, 0.15) is 0 Å². The minimum absolute atomic E-state index is 0.0798. The molecule has 0 aliphatic heterocycles. The number of hydrogen-bond donors (Lipinski definition) is 2. The SMILES string of the molecule is CC(NCC(O)c1ccc(Cl)cc1)c1ccc(-c2ccccc2C(F)(F)F)cc1. The molecule has 0 bridgehead atoms. The summed E-state index contributed by atoms with van der Waals surface area (Å²) in [5.41, 5.74) is 1.69. The molecule has 0 radical (unpaired) electrons. The second-order valence-electron chi connectivity index (χ2n) is 6.86. The summed E-state index contributed by atoms with van der Waals surface area (Å²) in [5.74, 6) is 0. The summed E-state index contributed by atoms with van der Waals surface area (Å²) in [4.78, 5) is 0. The van der Waals surface area contributed by atoms with Crippen molar-refractivity contribution in [2.24, 2.45) is 0 Å². The van der Waals surface area contributed by atoms with E-state index in [4.69, 9.17) is 11.6 Å². The molecular formula is C23H21ClF3NO. The first-order chi connectivity index (χ1) is 13.8. The van der Waals surface area contributed by atoms with Crippen LogP contribution in [-0.4, -0.2) is 11.7 Å². The van der Waals surface area contributed by atoms with Gasteiger partial charge in [-0.05, 0) is 47.4 Å². The van der Waals surface area contributed by atoms with Crippen LogP contribution in [0.15, 0.2) is 72.8 Å². The predicted octanol–water partition coefficient (Wildman–Crippen LogP) is 6.41. The molecule has 0 aliphatic carbocycles. The van der Waals surface area contributed by atoms with Crippen LogP contribution < -0.4 is 5.32 Å². The third-order valence-corrected chi connectivity index (χ3v) is 5.08. The van der Waals surface area contributed by atoms with Crippen molar-refractivity contribution < 1.29 is 18.3 Å². The molecule has 0 heterocycles. The Labute approximate surface area is 173 Å². The zero-order chi connectivity index (χ0) is 21.0. The zero-order valence-electron chi connectivity index (χ0n) is 15.7. The highest BCUT2D eigenvalue weighted by Crippen LogP contribution is 2.37. The van der Waals surface area contributed by atoms with Gasteiger partial charge in [0.2, 0.25) is 0 Å². The Morgan fingerprint density at radius 2 is 1.48 bits per heavy atom. The van der Waals surface area contributed by atoms with E-state index in [1.165, 1.54) is 12.1 Å². The van der Waals surface area contributed by atoms with E-state index in [0.717, 1.165) is 17.2 Å². The van der Waals surface area contributed by atoms with Crippen molar-refractivity contribution in [3.05, 3.63) is 94.5 Å². The topological polar surface area (TPSA) is 32.3 Å². The number of rotatable bonds is 6. The number of benzene rings is 3. The van der Waals surface area contributed by atoms with Crippen molar-refractivity contribution in [3.8, 4) is 11.1 Å². The van der Waals surface area contributed by atoms with E-state index in [1.54, 1.807) is 54.6 Å². The monoisotopic (exact) mass is 419 g/mol. The largest absolute Gasteiger partial charge is 0.417 e. The number of aliphatic hydroxyl groups is 1. The number of alkyl halides is 3. The molecule has 29 heavy (non-hydrogen) atoms. The third kappa shape index (κ3) is 5.38. The lowest BCUT2D eigenvalue weighted by Crippen LogP contribution is -2.24. The van der Waals surface area contributed by atoms with Gasteiger partial charge in [-0.1, -0.05) is 66.2 Å². The van der Waals surface area contributed by atoms with E-state index in [-0.39, 0.29) is 11.6 Å². The Hall–Kier alpha value is -2.34. The van der Waals surface area contributed by atoms with Crippen molar-refractivity contribution in [1.82, 2.24) is 5.32 Å². The Kier molecular flexibility index (Phi) is 6.63. The van der Waals surface area contributed by atoms with Crippen molar-refractivity contribution >= 4 is 11.6 Å². The standard InChI is InChI=1S/C23H21ClF3NO/c1-15(28-14-22(29)18-10-12-19(24)13-11-18)16-6-8-17(9-7-16)20-4-2-3-5-21(20)23(25,26)27/h2-13,15,22,28-29H,14H2,1H3. The lowest BCUT2D eigenvalue weighted by molar-refractivity contribution is -0.137. The van der Waals surface area contributed by atoms with Crippen LogP contribution in [0.4, 0.5) is 13.2 Å². The van der Waals surface area contributed by atoms with Gasteiger partial charge in [-0.2, -0.15) is 13.2 Å². The van der Waals surface area contributed by atoms with Crippen molar-refractivity contribution in [1.29, 1.82) is 0 Å². The van der Waals surface area contributed by atoms with Gasteiger partial charge < -0.3 is 10.4 Å². The number of aliphatic hydroxyl groups excluding tert-OH is 1. The van der Waals surface area contributed by atoms with E-state index in [9.17, 15) is 18.3 Å². The summed E-state index contributed by atoms with van der Waals surface area (Å²) in [7, 11) is 0. The second kappa shape index (κ2) is 8.99. The highest BCUT2D eigenvalue weighted by Gasteiger charge is 2.33. The van der Waals surface area contributed by atoms with E-state index >= 15 is 0 Å². The molecule has 2 N–H and O–H groups in total. The molecule has 152 valence electrons. The first-order valence-corrected chi connectivity index (χ1v) is 9.57. The quantitative estimate of drug-likeness (QED) is 0.484. The molecule has 0 aliphatic rings. The molecule has 3 aromatic rings. The molecule has 3 aromatic carbocycles. The van der Waals surface area contributed by atoms with Gasteiger partial charge >= 0.3 is 6.18 Å². The molecule has 0 spiro atoms. The molecule has 6 heteroatoms. The minimum Gasteiger partial charge on any atom is -0.387 e. The fourth-order valence-electron chi connectivity index (χ4n) is 3.14. The third-order valence-electron chi connectivity index (χ3n) is 4.83. The van der Waals surface area contributed by atoms with Gasteiger partial charge in [-0.15, -0.1) is 0 Å². The molecule has 0 aromatic heterocycles. The average molecular weight is 420 g/mol. The molecule has 0 amide bonds. The van der Waals surface area contributed by atoms with Gasteiger partial charge in [-0.25, -0.2) is 0 Å². The summed E-state index contributed by atoms with van der Waals surface area (Å²) >= 11 is 5.86. The number of hydrogen-bond acceptors (Lipinski definition) is 2. The normalized spacial score (nSPS) is 13.9. The van der Waals surface area contributed by atoms with Gasteiger partial charge in [0.25, 0.3) is 0 Å². The van der Waals surface area contributed by atoms with Crippen LogP contribution in [0.1, 0.15) is 35.8 Å². The molecule has 3 rings (SSSR count). The van der Waals surface area contributed by atoms with Crippen molar-refractivity contribution in [3.63, 3.8) is 0 Å². The lowest BCUT2D eigenvalue weighted by Gasteiger charge is -2.19. The molecule has 2 atom stereocenters. The van der Waals surface area contributed by atoms with Gasteiger partial charge in [0.15, 0.2) is 0 Å². The van der Waals surface area contributed by atoms with Gasteiger partial charge in [0, 0.05) is 17.6 Å². The average Bonchev–Trinajstić information content (AvgIpc) is 2.72. The summed E-state index contributed by atoms with van der Waals surface area (Å²) in [6, 6.07) is 19.4. The van der Waals surface area contributed by atoms with Crippen LogP contribution in [0, 0.1) is 0 Å². The van der Waals surface area contributed by atoms with Crippen LogP contribution in [0.3, 0.4) is 0 Å². The second-order valence-corrected chi connectivity index (χ2v) is 7.30. The zero-order valence-corrected chi connectivity index (χ0v) is 16.5. The Morgan fingerprint density at radius 1 is 0.897 bits per heavy atom. The maximum Gasteiger partial charge on any atom is 0.417 e.